The van der Waals surface area contributed by atoms with Crippen molar-refractivity contribution in [1.29, 1.82) is 0 Å². The SMILES string of the molecule is Cc1cccc2cc(CCCNc3ccccc3)c(=O)oc12. The van der Waals surface area contributed by atoms with Crippen molar-refractivity contribution in [2.45, 2.75) is 19.8 Å². The smallest absolute Gasteiger partial charge is 0.339 e. The first-order valence-electron chi connectivity index (χ1n) is 7.55. The van der Waals surface area contributed by atoms with Crippen molar-refractivity contribution < 1.29 is 4.42 Å². The highest BCUT2D eigenvalue weighted by molar-refractivity contribution is 5.79. The molecule has 3 nitrogen and oxygen atoms in total. The lowest BCUT2D eigenvalue weighted by molar-refractivity contribution is 0.546. The van der Waals surface area contributed by atoms with Crippen LogP contribution in [0.2, 0.25) is 0 Å². The third kappa shape index (κ3) is 3.19. The van der Waals surface area contributed by atoms with Gasteiger partial charge in [-0.25, -0.2) is 4.79 Å². The van der Waals surface area contributed by atoms with Crippen LogP contribution in [0.5, 0.6) is 0 Å². The van der Waals surface area contributed by atoms with Gasteiger partial charge in [-0.05, 0) is 43.5 Å². The van der Waals surface area contributed by atoms with Gasteiger partial charge < -0.3 is 9.73 Å². The number of nitrogens with one attached hydrogen (secondary N) is 1. The molecular formula is C19H19NO2. The molecule has 0 aliphatic carbocycles. The summed E-state index contributed by atoms with van der Waals surface area (Å²) in [6, 6.07) is 17.9. The maximum absolute atomic E-state index is 12.1. The van der Waals surface area contributed by atoms with Gasteiger partial charge >= 0.3 is 5.63 Å². The highest BCUT2D eigenvalue weighted by atomic mass is 16.4. The average Bonchev–Trinajstić information content (AvgIpc) is 2.54. The quantitative estimate of drug-likeness (QED) is 0.567. The Balaban J connectivity index is 1.67. The van der Waals surface area contributed by atoms with Gasteiger partial charge in [-0.2, -0.15) is 0 Å². The van der Waals surface area contributed by atoms with E-state index in [4.69, 9.17) is 4.42 Å². The first-order valence-corrected chi connectivity index (χ1v) is 7.55. The third-order valence-electron chi connectivity index (χ3n) is 3.75. The summed E-state index contributed by atoms with van der Waals surface area (Å²) in [5.74, 6) is 0. The van der Waals surface area contributed by atoms with Gasteiger partial charge in [-0.3, -0.25) is 0 Å². The Kier molecular flexibility index (Phi) is 4.24. The topological polar surface area (TPSA) is 42.2 Å². The first-order chi connectivity index (χ1) is 10.7. The van der Waals surface area contributed by atoms with E-state index < -0.39 is 0 Å². The highest BCUT2D eigenvalue weighted by Gasteiger charge is 2.06. The van der Waals surface area contributed by atoms with Crippen molar-refractivity contribution >= 4 is 16.7 Å². The van der Waals surface area contributed by atoms with Gasteiger partial charge in [0.2, 0.25) is 0 Å². The van der Waals surface area contributed by atoms with Crippen molar-refractivity contribution in [3.05, 3.63) is 76.1 Å². The summed E-state index contributed by atoms with van der Waals surface area (Å²) in [7, 11) is 0. The van der Waals surface area contributed by atoms with E-state index in [-0.39, 0.29) is 5.63 Å². The Bertz CT molecular complexity index is 822. The molecule has 0 aliphatic rings. The number of benzene rings is 2. The Morgan fingerprint density at radius 2 is 1.86 bits per heavy atom. The number of rotatable bonds is 5. The second kappa shape index (κ2) is 6.48. The van der Waals surface area contributed by atoms with E-state index in [0.29, 0.717) is 12.0 Å². The lowest BCUT2D eigenvalue weighted by Gasteiger charge is -2.06. The zero-order valence-electron chi connectivity index (χ0n) is 12.6. The highest BCUT2D eigenvalue weighted by Crippen LogP contribution is 2.17. The van der Waals surface area contributed by atoms with E-state index >= 15 is 0 Å². The number of aryl methyl sites for hydroxylation is 2. The average molecular weight is 293 g/mol. The Morgan fingerprint density at radius 3 is 2.68 bits per heavy atom. The molecule has 0 atom stereocenters. The fourth-order valence-corrected chi connectivity index (χ4v) is 2.57. The molecule has 0 saturated heterocycles. The zero-order chi connectivity index (χ0) is 15.4. The molecule has 2 aromatic carbocycles. The summed E-state index contributed by atoms with van der Waals surface area (Å²) in [5.41, 5.74) is 3.31. The predicted molar refractivity (Wildman–Crippen MR) is 90.5 cm³/mol. The van der Waals surface area contributed by atoms with E-state index in [1.807, 2.05) is 61.5 Å². The largest absolute Gasteiger partial charge is 0.422 e. The minimum atomic E-state index is -0.221. The summed E-state index contributed by atoms with van der Waals surface area (Å²) in [6.45, 7) is 2.78. The zero-order valence-corrected chi connectivity index (χ0v) is 12.6. The van der Waals surface area contributed by atoms with Crippen molar-refractivity contribution in [2.24, 2.45) is 0 Å². The molecule has 3 heteroatoms. The molecule has 0 bridgehead atoms. The van der Waals surface area contributed by atoms with Gasteiger partial charge in [0.1, 0.15) is 5.58 Å². The number of para-hydroxylation sites is 2. The Morgan fingerprint density at radius 1 is 1.05 bits per heavy atom. The fourth-order valence-electron chi connectivity index (χ4n) is 2.57. The lowest BCUT2D eigenvalue weighted by atomic mass is 10.1. The van der Waals surface area contributed by atoms with Crippen molar-refractivity contribution in [1.82, 2.24) is 0 Å². The van der Waals surface area contributed by atoms with Gasteiger partial charge in [-0.1, -0.05) is 36.4 Å². The van der Waals surface area contributed by atoms with Crippen LogP contribution in [-0.4, -0.2) is 6.54 Å². The van der Waals surface area contributed by atoms with Crippen LogP contribution in [0, 0.1) is 6.92 Å². The molecule has 0 spiro atoms. The van der Waals surface area contributed by atoms with Gasteiger partial charge in [0.25, 0.3) is 0 Å². The molecule has 22 heavy (non-hydrogen) atoms. The van der Waals surface area contributed by atoms with E-state index in [2.05, 4.69) is 5.32 Å². The molecule has 1 N–H and O–H groups in total. The molecule has 0 fully saturated rings. The van der Waals surface area contributed by atoms with Gasteiger partial charge in [0.15, 0.2) is 0 Å². The molecule has 112 valence electrons. The van der Waals surface area contributed by atoms with E-state index in [9.17, 15) is 4.79 Å². The summed E-state index contributed by atoms with van der Waals surface area (Å²) < 4.78 is 5.46. The van der Waals surface area contributed by atoms with Crippen molar-refractivity contribution in [2.75, 3.05) is 11.9 Å². The maximum Gasteiger partial charge on any atom is 0.339 e. The number of hydrogen-bond donors (Lipinski definition) is 1. The minimum absolute atomic E-state index is 0.221. The minimum Gasteiger partial charge on any atom is -0.422 e. The van der Waals surface area contributed by atoms with E-state index in [1.165, 1.54) is 0 Å². The van der Waals surface area contributed by atoms with Gasteiger partial charge in [0.05, 0.1) is 0 Å². The second-order valence-corrected chi connectivity index (χ2v) is 5.45. The monoisotopic (exact) mass is 293 g/mol. The second-order valence-electron chi connectivity index (χ2n) is 5.45. The maximum atomic E-state index is 12.1. The van der Waals surface area contributed by atoms with Crippen LogP contribution >= 0.6 is 0 Å². The molecule has 0 amide bonds. The van der Waals surface area contributed by atoms with E-state index in [0.717, 1.165) is 35.2 Å². The third-order valence-corrected chi connectivity index (χ3v) is 3.75. The fraction of sp³-hybridized carbons (Fsp3) is 0.211. The van der Waals surface area contributed by atoms with Crippen LogP contribution in [0.15, 0.2) is 63.8 Å². The van der Waals surface area contributed by atoms with Crippen LogP contribution in [0.3, 0.4) is 0 Å². The molecule has 0 unspecified atom stereocenters. The summed E-state index contributed by atoms with van der Waals surface area (Å²) in [6.07, 6.45) is 1.60. The molecule has 3 rings (SSSR count). The predicted octanol–water partition coefficient (Wildman–Crippen LogP) is 4.15. The first kappa shape index (κ1) is 14.4. The molecule has 0 saturated carbocycles. The lowest BCUT2D eigenvalue weighted by Crippen LogP contribution is -2.10. The van der Waals surface area contributed by atoms with Crippen LogP contribution < -0.4 is 10.9 Å². The van der Waals surface area contributed by atoms with Crippen molar-refractivity contribution in [3.8, 4) is 0 Å². The number of fused-ring (bicyclic) bond motifs is 1. The molecule has 0 radical (unpaired) electrons. The molecule has 1 heterocycles. The summed E-state index contributed by atoms with van der Waals surface area (Å²) in [5, 5.41) is 4.34. The van der Waals surface area contributed by atoms with Crippen LogP contribution in [0.1, 0.15) is 17.5 Å². The van der Waals surface area contributed by atoms with E-state index in [1.54, 1.807) is 0 Å². The van der Waals surface area contributed by atoms with Gasteiger partial charge in [0, 0.05) is 23.2 Å². The molecule has 3 aromatic rings. The number of anilines is 1. The standard InChI is InChI=1S/C19H19NO2/c1-14-7-5-8-15-13-16(19(21)22-18(14)15)9-6-12-20-17-10-3-2-4-11-17/h2-5,7-8,10-11,13,20H,6,9,12H2,1H3. The Labute approximate surface area is 129 Å². The molecular weight excluding hydrogens is 274 g/mol. The van der Waals surface area contributed by atoms with Crippen LogP contribution in [0.25, 0.3) is 11.0 Å². The summed E-state index contributed by atoms with van der Waals surface area (Å²) in [4.78, 5) is 12.1. The normalized spacial score (nSPS) is 10.8. The van der Waals surface area contributed by atoms with Crippen LogP contribution in [-0.2, 0) is 6.42 Å². The van der Waals surface area contributed by atoms with Gasteiger partial charge in [-0.15, -0.1) is 0 Å². The molecule has 1 aromatic heterocycles. The summed E-state index contributed by atoms with van der Waals surface area (Å²) >= 11 is 0. The Hall–Kier alpha value is -2.55. The van der Waals surface area contributed by atoms with Crippen LogP contribution in [0.4, 0.5) is 5.69 Å². The number of hydrogen-bond acceptors (Lipinski definition) is 3. The van der Waals surface area contributed by atoms with Crippen molar-refractivity contribution in [3.63, 3.8) is 0 Å². The molecule has 0 aliphatic heterocycles.